The Bertz CT molecular complexity index is 122. The Labute approximate surface area is 49.0 Å². The van der Waals surface area contributed by atoms with Crippen LogP contribution in [0.5, 0.6) is 0 Å². The zero-order valence-electron chi connectivity index (χ0n) is 4.37. The molecule has 0 aliphatic heterocycles. The van der Waals surface area contributed by atoms with Crippen molar-refractivity contribution in [2.75, 3.05) is 0 Å². The molecule has 0 bridgehead atoms. The molecule has 53 valence electrons. The molecule has 0 amide bonds. The lowest BCUT2D eigenvalue weighted by atomic mass is 9.86. The van der Waals surface area contributed by atoms with E-state index in [1.165, 1.54) is 5.54 Å². The highest BCUT2D eigenvalue weighted by Gasteiger charge is 2.65. The third-order valence-corrected chi connectivity index (χ3v) is 1.46. The topological polar surface area (TPSA) is 14.1 Å². The molecule has 0 spiro atoms. The number of nitrogens with zero attached hydrogens (tertiary/aromatic N) is 1. The van der Waals surface area contributed by atoms with E-state index >= 15 is 0 Å². The predicted molar refractivity (Wildman–Crippen MR) is 21.3 cm³/mol. The first kappa shape index (κ1) is 6.80. The highest BCUT2D eigenvalue weighted by Crippen LogP contribution is 2.48. The Hall–Kier alpha value is -0.320. The number of hydrogen-bond acceptors (Lipinski definition) is 0. The van der Waals surface area contributed by atoms with E-state index < -0.39 is 24.6 Å². The quantitative estimate of drug-likeness (QED) is 0.389. The summed E-state index contributed by atoms with van der Waals surface area (Å²) in [5.74, 6) is -6.80. The third kappa shape index (κ3) is 0.710. The molecule has 1 unspecified atom stereocenters. The number of halogens is 4. The average molecular weight is 142 g/mol. The van der Waals surface area contributed by atoms with Crippen molar-refractivity contribution in [3.8, 4) is 0 Å². The molecule has 1 saturated carbocycles. The van der Waals surface area contributed by atoms with E-state index in [9.17, 15) is 17.7 Å². The minimum absolute atomic E-state index is 0.517. The maximum Gasteiger partial charge on any atom is 0.298 e. The van der Waals surface area contributed by atoms with Crippen molar-refractivity contribution in [3.63, 3.8) is 0 Å². The molecule has 1 aliphatic carbocycles. The van der Waals surface area contributed by atoms with Crippen LogP contribution in [-0.4, -0.2) is 11.7 Å². The van der Waals surface area contributed by atoms with Gasteiger partial charge in [0.25, 0.3) is 11.7 Å². The van der Waals surface area contributed by atoms with Crippen LogP contribution in [0.25, 0.3) is 0 Å². The largest absolute Gasteiger partial charge is 0.298 e. The zero-order chi connectivity index (χ0) is 7.12. The monoisotopic (exact) mass is 142 g/mol. The zero-order valence-corrected chi connectivity index (χ0v) is 4.37. The highest BCUT2D eigenvalue weighted by atomic mass is 19.3. The van der Waals surface area contributed by atoms with Gasteiger partial charge < -0.3 is 0 Å². The Morgan fingerprint density at radius 3 is 1.67 bits per heavy atom. The summed E-state index contributed by atoms with van der Waals surface area (Å²) < 4.78 is 47.0. The molecule has 5 heteroatoms. The van der Waals surface area contributed by atoms with Gasteiger partial charge in [-0.2, -0.15) is 0 Å². The summed E-state index contributed by atoms with van der Waals surface area (Å²) in [6.07, 6.45) is -1.13. The fourth-order valence-electron chi connectivity index (χ4n) is 0.624. The summed E-state index contributed by atoms with van der Waals surface area (Å²) >= 11 is 0. The average Bonchev–Trinajstić information content (AvgIpc) is 1.84. The molecule has 0 saturated heterocycles. The number of rotatable bonds is 1. The molecule has 0 heterocycles. The van der Waals surface area contributed by atoms with E-state index in [1.807, 2.05) is 0 Å². The lowest BCUT2D eigenvalue weighted by Gasteiger charge is -2.38. The van der Waals surface area contributed by atoms with Gasteiger partial charge >= 0.3 is 0 Å². The lowest BCUT2D eigenvalue weighted by Crippen LogP contribution is -2.58. The van der Waals surface area contributed by atoms with Gasteiger partial charge in [-0.05, 0) is 5.54 Å². The second-order valence-corrected chi connectivity index (χ2v) is 2.05. The van der Waals surface area contributed by atoms with Crippen LogP contribution in [0.15, 0.2) is 0 Å². The third-order valence-electron chi connectivity index (χ3n) is 1.46. The van der Waals surface area contributed by atoms with Gasteiger partial charge in [-0.1, -0.05) is 0 Å². The van der Waals surface area contributed by atoms with Crippen LogP contribution in [0.1, 0.15) is 12.8 Å². The van der Waals surface area contributed by atoms with E-state index in [1.54, 1.807) is 0 Å². The van der Waals surface area contributed by atoms with Crippen LogP contribution in [0.2, 0.25) is 0 Å². The first-order valence-electron chi connectivity index (χ1n) is 2.42. The Kier molecular flexibility index (Phi) is 1.20. The van der Waals surface area contributed by atoms with Crippen molar-refractivity contribution in [3.05, 3.63) is 0 Å². The van der Waals surface area contributed by atoms with E-state index in [4.69, 9.17) is 0 Å². The fourth-order valence-corrected chi connectivity index (χ4v) is 0.624. The SMILES string of the molecule is F[N]C1(F)CCC1(F)F. The standard InChI is InChI=1S/C4H4F4N/c5-3(6)1-2-4(3,7)9-8/h1-2H2. The first-order chi connectivity index (χ1) is 4.02. The maximum atomic E-state index is 12.1. The van der Waals surface area contributed by atoms with Crippen molar-refractivity contribution < 1.29 is 17.7 Å². The van der Waals surface area contributed by atoms with Gasteiger partial charge in [-0.15, -0.1) is 4.48 Å². The van der Waals surface area contributed by atoms with Crippen LogP contribution >= 0.6 is 0 Å². The summed E-state index contributed by atoms with van der Waals surface area (Å²) in [4.78, 5) is 0. The van der Waals surface area contributed by atoms with Crippen molar-refractivity contribution in [1.82, 2.24) is 5.54 Å². The Morgan fingerprint density at radius 2 is 1.67 bits per heavy atom. The molecule has 0 N–H and O–H groups in total. The van der Waals surface area contributed by atoms with E-state index in [-0.39, 0.29) is 0 Å². The van der Waals surface area contributed by atoms with Crippen LogP contribution in [-0.2, 0) is 0 Å². The fraction of sp³-hybridized carbons (Fsp3) is 1.00. The van der Waals surface area contributed by atoms with Crippen molar-refractivity contribution in [1.29, 1.82) is 0 Å². The normalized spacial score (nSPS) is 40.0. The second kappa shape index (κ2) is 1.59. The van der Waals surface area contributed by atoms with Gasteiger partial charge in [0.15, 0.2) is 0 Å². The molecule has 0 aromatic rings. The lowest BCUT2D eigenvalue weighted by molar-refractivity contribution is -0.248. The molecule has 1 fully saturated rings. The van der Waals surface area contributed by atoms with Crippen LogP contribution in [0.3, 0.4) is 0 Å². The molecule has 0 aromatic carbocycles. The Balaban J connectivity index is 2.62. The summed E-state index contributed by atoms with van der Waals surface area (Å²) in [6.45, 7) is 0. The van der Waals surface area contributed by atoms with Gasteiger partial charge in [0.05, 0.1) is 0 Å². The van der Waals surface area contributed by atoms with Crippen molar-refractivity contribution >= 4 is 0 Å². The van der Waals surface area contributed by atoms with Gasteiger partial charge in [-0.25, -0.2) is 13.2 Å². The van der Waals surface area contributed by atoms with E-state index in [2.05, 4.69) is 0 Å². The summed E-state index contributed by atoms with van der Waals surface area (Å²) in [5.41, 5.74) is 1.46. The molecular weight excluding hydrogens is 138 g/mol. The minimum atomic E-state index is -3.58. The van der Waals surface area contributed by atoms with Gasteiger partial charge in [0.2, 0.25) is 0 Å². The van der Waals surface area contributed by atoms with E-state index in [0.717, 1.165) is 0 Å². The van der Waals surface area contributed by atoms with Crippen LogP contribution in [0, 0.1) is 0 Å². The van der Waals surface area contributed by atoms with Crippen molar-refractivity contribution in [2.45, 2.75) is 24.6 Å². The summed E-state index contributed by atoms with van der Waals surface area (Å²) in [6, 6.07) is 0. The molecule has 0 aromatic heterocycles. The first-order valence-corrected chi connectivity index (χ1v) is 2.42. The second-order valence-electron chi connectivity index (χ2n) is 2.05. The van der Waals surface area contributed by atoms with Gasteiger partial charge in [-0.3, -0.25) is 0 Å². The molecule has 1 nitrogen and oxygen atoms in total. The minimum Gasteiger partial charge on any atom is -0.215 e. The number of hydrogen-bond donors (Lipinski definition) is 0. The number of alkyl halides is 3. The van der Waals surface area contributed by atoms with Crippen molar-refractivity contribution in [2.24, 2.45) is 0 Å². The van der Waals surface area contributed by atoms with Crippen LogP contribution < -0.4 is 5.54 Å². The predicted octanol–water partition coefficient (Wildman–Crippen LogP) is 1.57. The molecule has 1 radical (unpaired) electrons. The summed E-state index contributed by atoms with van der Waals surface area (Å²) in [7, 11) is 0. The smallest absolute Gasteiger partial charge is 0.215 e. The molecule has 1 aliphatic rings. The maximum absolute atomic E-state index is 12.1. The molecule has 1 rings (SSSR count). The van der Waals surface area contributed by atoms with Crippen LogP contribution in [0.4, 0.5) is 17.7 Å². The van der Waals surface area contributed by atoms with Gasteiger partial charge in [0, 0.05) is 12.8 Å². The van der Waals surface area contributed by atoms with Gasteiger partial charge in [0.1, 0.15) is 0 Å². The highest BCUT2D eigenvalue weighted by molar-refractivity contribution is 4.99. The molecular formula is C4H4F4N. The Morgan fingerprint density at radius 1 is 1.11 bits per heavy atom. The molecule has 1 atom stereocenters. The summed E-state index contributed by atoms with van der Waals surface area (Å²) in [5, 5.41) is 0. The molecule has 9 heavy (non-hydrogen) atoms. The van der Waals surface area contributed by atoms with E-state index in [0.29, 0.717) is 0 Å².